The number of fused-ring (bicyclic) bond motifs is 1. The number of carbonyl (C=O) groups excluding carboxylic acids is 1. The van der Waals surface area contributed by atoms with Crippen LogP contribution >= 0.6 is 11.6 Å². The minimum Gasteiger partial charge on any atom is -0.481 e. The largest absolute Gasteiger partial charge is 0.481 e. The molecule has 2 aromatic heterocycles. The molecule has 2 N–H and O–H groups in total. The van der Waals surface area contributed by atoms with E-state index in [4.69, 9.17) is 16.7 Å². The SMILES string of the molecule is CCc1nc2c(Cl)cc(C(F)(F)F)cn2c1C(=O)Nc1ccc(CC(=O)O)cc1. The molecule has 1 aromatic carbocycles. The van der Waals surface area contributed by atoms with Gasteiger partial charge in [0.15, 0.2) is 5.65 Å². The highest BCUT2D eigenvalue weighted by Gasteiger charge is 2.33. The molecule has 2 heterocycles. The van der Waals surface area contributed by atoms with E-state index in [1.165, 1.54) is 24.3 Å². The van der Waals surface area contributed by atoms with Gasteiger partial charge in [0.1, 0.15) is 5.69 Å². The van der Waals surface area contributed by atoms with Gasteiger partial charge in [-0.1, -0.05) is 30.7 Å². The van der Waals surface area contributed by atoms with Gasteiger partial charge < -0.3 is 10.4 Å². The number of amides is 1. The lowest BCUT2D eigenvalue weighted by Crippen LogP contribution is -2.17. The van der Waals surface area contributed by atoms with Crippen LogP contribution in [0.3, 0.4) is 0 Å². The fourth-order valence-electron chi connectivity index (χ4n) is 2.86. The van der Waals surface area contributed by atoms with E-state index in [9.17, 15) is 22.8 Å². The molecule has 3 rings (SSSR count). The highest BCUT2D eigenvalue weighted by atomic mass is 35.5. The lowest BCUT2D eigenvalue weighted by atomic mass is 10.1. The van der Waals surface area contributed by atoms with Gasteiger partial charge in [-0.25, -0.2) is 4.98 Å². The minimum absolute atomic E-state index is 0.0508. The Kier molecular flexibility index (Phi) is 5.52. The van der Waals surface area contributed by atoms with Crippen LogP contribution in [0.2, 0.25) is 5.02 Å². The summed E-state index contributed by atoms with van der Waals surface area (Å²) in [6.45, 7) is 1.72. The van der Waals surface area contributed by atoms with Crippen LogP contribution in [0.5, 0.6) is 0 Å². The summed E-state index contributed by atoms with van der Waals surface area (Å²) < 4.78 is 40.5. The van der Waals surface area contributed by atoms with Gasteiger partial charge in [-0.3, -0.25) is 14.0 Å². The third kappa shape index (κ3) is 4.34. The van der Waals surface area contributed by atoms with E-state index in [1.54, 1.807) is 6.92 Å². The molecule has 0 aliphatic rings. The number of carboxylic acids is 1. The molecule has 152 valence electrons. The number of pyridine rings is 1. The number of nitrogens with zero attached hydrogens (tertiary/aromatic N) is 2. The first-order chi connectivity index (χ1) is 13.6. The van der Waals surface area contributed by atoms with Crippen LogP contribution in [-0.2, 0) is 23.8 Å². The van der Waals surface area contributed by atoms with E-state index in [2.05, 4.69) is 10.3 Å². The van der Waals surface area contributed by atoms with Crippen LogP contribution in [0.1, 0.15) is 34.2 Å². The fraction of sp³-hybridized carbons (Fsp3) is 0.211. The van der Waals surface area contributed by atoms with Gasteiger partial charge in [0.2, 0.25) is 0 Å². The zero-order valence-electron chi connectivity index (χ0n) is 15.0. The highest BCUT2D eigenvalue weighted by molar-refractivity contribution is 6.33. The van der Waals surface area contributed by atoms with E-state index >= 15 is 0 Å². The number of hydrogen-bond donors (Lipinski definition) is 2. The Morgan fingerprint density at radius 3 is 2.45 bits per heavy atom. The quantitative estimate of drug-likeness (QED) is 0.632. The van der Waals surface area contributed by atoms with E-state index in [0.29, 0.717) is 23.4 Å². The average molecular weight is 426 g/mol. The highest BCUT2D eigenvalue weighted by Crippen LogP contribution is 2.33. The number of nitrogens with one attached hydrogen (secondary N) is 1. The van der Waals surface area contributed by atoms with Gasteiger partial charge in [-0.05, 0) is 30.2 Å². The van der Waals surface area contributed by atoms with E-state index < -0.39 is 23.6 Å². The van der Waals surface area contributed by atoms with Crippen LogP contribution in [0, 0.1) is 0 Å². The summed E-state index contributed by atoms with van der Waals surface area (Å²) >= 11 is 5.97. The minimum atomic E-state index is -4.64. The Bertz CT molecular complexity index is 1090. The molecular formula is C19H15ClF3N3O3. The number of alkyl halides is 3. The number of hydrogen-bond acceptors (Lipinski definition) is 3. The lowest BCUT2D eigenvalue weighted by molar-refractivity contribution is -0.138. The van der Waals surface area contributed by atoms with Crippen LogP contribution in [-0.4, -0.2) is 26.4 Å². The molecule has 1 amide bonds. The van der Waals surface area contributed by atoms with Gasteiger partial charge in [0.25, 0.3) is 5.91 Å². The first-order valence-corrected chi connectivity index (χ1v) is 8.87. The Hall–Kier alpha value is -3.07. The molecule has 0 saturated heterocycles. The van der Waals surface area contributed by atoms with E-state index in [0.717, 1.165) is 16.7 Å². The van der Waals surface area contributed by atoms with Crippen LogP contribution in [0.15, 0.2) is 36.5 Å². The van der Waals surface area contributed by atoms with Crippen molar-refractivity contribution in [3.63, 3.8) is 0 Å². The maximum atomic E-state index is 13.2. The summed E-state index contributed by atoms with van der Waals surface area (Å²) in [4.78, 5) is 27.8. The lowest BCUT2D eigenvalue weighted by Gasteiger charge is -2.11. The van der Waals surface area contributed by atoms with Crippen LogP contribution < -0.4 is 5.32 Å². The normalized spacial score (nSPS) is 11.6. The predicted octanol–water partition coefficient (Wildman–Crippen LogP) is 4.45. The van der Waals surface area contributed by atoms with Gasteiger partial charge in [0.05, 0.1) is 22.7 Å². The molecule has 6 nitrogen and oxygen atoms in total. The summed E-state index contributed by atoms with van der Waals surface area (Å²) in [6, 6.07) is 6.87. The fourth-order valence-corrected chi connectivity index (χ4v) is 3.11. The van der Waals surface area contributed by atoms with E-state index in [1.807, 2.05) is 0 Å². The molecule has 29 heavy (non-hydrogen) atoms. The maximum Gasteiger partial charge on any atom is 0.417 e. The molecule has 0 spiro atoms. The van der Waals surface area contributed by atoms with Crippen LogP contribution in [0.4, 0.5) is 18.9 Å². The monoisotopic (exact) mass is 425 g/mol. The van der Waals surface area contributed by atoms with Crippen molar-refractivity contribution in [3.8, 4) is 0 Å². The molecule has 0 aliphatic heterocycles. The summed E-state index contributed by atoms with van der Waals surface area (Å²) in [5.74, 6) is -1.65. The molecular weight excluding hydrogens is 411 g/mol. The van der Waals surface area contributed by atoms with Crippen LogP contribution in [0.25, 0.3) is 5.65 Å². The number of carbonyl (C=O) groups is 2. The topological polar surface area (TPSA) is 83.7 Å². The first kappa shape index (κ1) is 20.7. The number of carboxylic acid groups (broad SMARTS) is 1. The standard InChI is InChI=1S/C19H15ClF3N3O3/c1-2-14-16(18(29)24-12-5-3-10(4-6-12)7-15(27)28)26-9-11(19(21,22)23)8-13(20)17(26)25-14/h3-6,8-9H,2,7H2,1H3,(H,24,29)(H,27,28). The third-order valence-electron chi connectivity index (χ3n) is 4.19. The number of anilines is 1. The Labute approximate surface area is 167 Å². The Balaban J connectivity index is 2.00. The molecule has 0 aliphatic carbocycles. The predicted molar refractivity (Wildman–Crippen MR) is 100 cm³/mol. The molecule has 0 atom stereocenters. The molecule has 10 heteroatoms. The first-order valence-electron chi connectivity index (χ1n) is 8.50. The van der Waals surface area contributed by atoms with Crippen molar-refractivity contribution in [2.75, 3.05) is 5.32 Å². The smallest absolute Gasteiger partial charge is 0.417 e. The number of aromatic nitrogens is 2. The van der Waals surface area contributed by atoms with Crippen molar-refractivity contribution in [1.82, 2.24) is 9.38 Å². The van der Waals surface area contributed by atoms with Crippen molar-refractivity contribution in [3.05, 3.63) is 64.1 Å². The van der Waals surface area contributed by atoms with Crippen molar-refractivity contribution >= 4 is 34.8 Å². The second-order valence-electron chi connectivity index (χ2n) is 6.25. The van der Waals surface area contributed by atoms with E-state index in [-0.39, 0.29) is 22.8 Å². The third-order valence-corrected chi connectivity index (χ3v) is 4.47. The number of benzene rings is 1. The Morgan fingerprint density at radius 1 is 1.24 bits per heavy atom. The summed E-state index contributed by atoms with van der Waals surface area (Å²) in [7, 11) is 0. The molecule has 0 unspecified atom stereocenters. The molecule has 0 saturated carbocycles. The maximum absolute atomic E-state index is 13.2. The number of aliphatic carboxylic acids is 1. The number of rotatable bonds is 5. The van der Waals surface area contributed by atoms with Crippen molar-refractivity contribution in [1.29, 1.82) is 0 Å². The number of halogens is 4. The Morgan fingerprint density at radius 2 is 1.90 bits per heavy atom. The summed E-state index contributed by atoms with van der Waals surface area (Å²) in [6.07, 6.45) is -3.71. The number of imidazole rings is 1. The molecule has 0 radical (unpaired) electrons. The van der Waals surface area contributed by atoms with Gasteiger partial charge in [-0.2, -0.15) is 13.2 Å². The van der Waals surface area contributed by atoms with Crippen molar-refractivity contribution in [2.45, 2.75) is 25.9 Å². The summed E-state index contributed by atoms with van der Waals surface area (Å²) in [5.41, 5.74) is 0.206. The van der Waals surface area contributed by atoms with Gasteiger partial charge in [-0.15, -0.1) is 0 Å². The van der Waals surface area contributed by atoms with Gasteiger partial charge >= 0.3 is 12.1 Å². The van der Waals surface area contributed by atoms with Crippen molar-refractivity contribution in [2.24, 2.45) is 0 Å². The zero-order chi connectivity index (χ0) is 21.3. The summed E-state index contributed by atoms with van der Waals surface area (Å²) in [5, 5.41) is 11.2. The zero-order valence-corrected chi connectivity index (χ0v) is 15.8. The second kappa shape index (κ2) is 7.75. The second-order valence-corrected chi connectivity index (χ2v) is 6.66. The number of aryl methyl sites for hydroxylation is 1. The van der Waals surface area contributed by atoms with Crippen molar-refractivity contribution < 1.29 is 27.9 Å². The average Bonchev–Trinajstić information content (AvgIpc) is 3.01. The molecule has 0 fully saturated rings. The van der Waals surface area contributed by atoms with Gasteiger partial charge in [0, 0.05) is 11.9 Å². The molecule has 3 aromatic rings. The molecule has 0 bridgehead atoms.